The second-order valence-electron chi connectivity index (χ2n) is 4.68. The van der Waals surface area contributed by atoms with Gasteiger partial charge in [-0.3, -0.25) is 4.79 Å². The number of methoxy groups -OCH3 is 1. The molecular formula is C13H23N5O3. The molecule has 1 aromatic heterocycles. The Kier molecular flexibility index (Phi) is 6.80. The smallest absolute Gasteiger partial charge is 0.360 e. The summed E-state index contributed by atoms with van der Waals surface area (Å²) in [5, 5.41) is 10.5. The second kappa shape index (κ2) is 8.35. The van der Waals surface area contributed by atoms with Crippen LogP contribution in [0.1, 0.15) is 48.9 Å². The fourth-order valence-electron chi connectivity index (χ4n) is 1.90. The lowest BCUT2D eigenvalue weighted by molar-refractivity contribution is -0.124. The van der Waals surface area contributed by atoms with E-state index in [9.17, 15) is 9.59 Å². The van der Waals surface area contributed by atoms with E-state index in [1.165, 1.54) is 11.8 Å². The van der Waals surface area contributed by atoms with Crippen LogP contribution < -0.4 is 11.1 Å². The number of esters is 1. The minimum atomic E-state index is -0.580. The molecule has 0 aliphatic rings. The third-order valence-electron chi connectivity index (χ3n) is 3.13. The summed E-state index contributed by atoms with van der Waals surface area (Å²) in [5.74, 6) is -0.744. The van der Waals surface area contributed by atoms with Crippen LogP contribution in [0.2, 0.25) is 0 Å². The summed E-state index contributed by atoms with van der Waals surface area (Å²) in [5.41, 5.74) is 6.18. The number of aromatic nitrogens is 3. The van der Waals surface area contributed by atoms with Crippen LogP contribution in [-0.4, -0.2) is 47.1 Å². The maximum atomic E-state index is 12.1. The van der Waals surface area contributed by atoms with Gasteiger partial charge in [0.05, 0.1) is 12.8 Å². The zero-order chi connectivity index (χ0) is 15.8. The zero-order valence-corrected chi connectivity index (χ0v) is 12.8. The minimum Gasteiger partial charge on any atom is -0.464 e. The largest absolute Gasteiger partial charge is 0.464 e. The number of hydrogen-bond donors (Lipinski definition) is 2. The molecule has 1 aromatic rings. The van der Waals surface area contributed by atoms with Gasteiger partial charge in [0.25, 0.3) is 0 Å². The van der Waals surface area contributed by atoms with Crippen LogP contribution in [0.15, 0.2) is 0 Å². The molecule has 0 aliphatic heterocycles. The maximum absolute atomic E-state index is 12.1. The molecule has 1 unspecified atom stereocenters. The number of carbonyl (C=O) groups excluding carboxylic acids is 2. The molecule has 3 N–H and O–H groups in total. The molecule has 1 heterocycles. The van der Waals surface area contributed by atoms with Crippen molar-refractivity contribution >= 4 is 11.9 Å². The molecule has 0 radical (unpaired) electrons. The van der Waals surface area contributed by atoms with Gasteiger partial charge in [-0.25, -0.2) is 9.48 Å². The van der Waals surface area contributed by atoms with Crippen molar-refractivity contribution in [3.05, 3.63) is 11.4 Å². The SMILES string of the molecule is CCCCNC(=O)C(C)n1nnc(C(=O)OC)c1CCN. The summed E-state index contributed by atoms with van der Waals surface area (Å²) in [4.78, 5) is 23.7. The Morgan fingerprint density at radius 2 is 2.19 bits per heavy atom. The molecule has 8 heteroatoms. The maximum Gasteiger partial charge on any atom is 0.360 e. The Morgan fingerprint density at radius 3 is 2.76 bits per heavy atom. The van der Waals surface area contributed by atoms with Crippen molar-refractivity contribution in [2.24, 2.45) is 5.73 Å². The molecule has 0 fully saturated rings. The predicted octanol–water partition coefficient (Wildman–Crippen LogP) is 0.0432. The summed E-state index contributed by atoms with van der Waals surface area (Å²) in [7, 11) is 1.27. The number of unbranched alkanes of at least 4 members (excludes halogenated alkanes) is 1. The van der Waals surface area contributed by atoms with Crippen molar-refractivity contribution < 1.29 is 14.3 Å². The summed E-state index contributed by atoms with van der Waals surface area (Å²) in [6, 6.07) is -0.561. The molecule has 0 saturated heterocycles. The number of hydrogen-bond acceptors (Lipinski definition) is 6. The average molecular weight is 297 g/mol. The molecule has 0 aromatic carbocycles. The highest BCUT2D eigenvalue weighted by Crippen LogP contribution is 2.14. The Labute approximate surface area is 124 Å². The molecule has 0 saturated carbocycles. The lowest BCUT2D eigenvalue weighted by Crippen LogP contribution is -2.33. The molecule has 1 atom stereocenters. The highest BCUT2D eigenvalue weighted by molar-refractivity contribution is 5.88. The van der Waals surface area contributed by atoms with E-state index in [2.05, 4.69) is 27.3 Å². The Morgan fingerprint density at radius 1 is 1.48 bits per heavy atom. The predicted molar refractivity (Wildman–Crippen MR) is 76.7 cm³/mol. The molecule has 0 aliphatic carbocycles. The van der Waals surface area contributed by atoms with Crippen molar-refractivity contribution in [2.45, 2.75) is 39.2 Å². The number of nitrogens with two attached hydrogens (primary N) is 1. The number of ether oxygens (including phenoxy) is 1. The number of nitrogens with zero attached hydrogens (tertiary/aromatic N) is 3. The lowest BCUT2D eigenvalue weighted by atomic mass is 10.2. The van der Waals surface area contributed by atoms with Gasteiger partial charge in [0, 0.05) is 13.0 Å². The first kappa shape index (κ1) is 17.1. The first-order valence-corrected chi connectivity index (χ1v) is 7.06. The lowest BCUT2D eigenvalue weighted by Gasteiger charge is -2.14. The Bertz CT molecular complexity index is 486. The van der Waals surface area contributed by atoms with E-state index < -0.39 is 12.0 Å². The van der Waals surface area contributed by atoms with E-state index in [4.69, 9.17) is 5.73 Å². The third kappa shape index (κ3) is 4.25. The van der Waals surface area contributed by atoms with Crippen LogP contribution in [0.25, 0.3) is 0 Å². The van der Waals surface area contributed by atoms with E-state index >= 15 is 0 Å². The Balaban J connectivity index is 2.92. The van der Waals surface area contributed by atoms with Crippen molar-refractivity contribution in [1.29, 1.82) is 0 Å². The van der Waals surface area contributed by atoms with Crippen molar-refractivity contribution in [2.75, 3.05) is 20.2 Å². The van der Waals surface area contributed by atoms with Gasteiger partial charge < -0.3 is 15.8 Å². The van der Waals surface area contributed by atoms with Crippen LogP contribution in [0, 0.1) is 0 Å². The highest BCUT2D eigenvalue weighted by atomic mass is 16.5. The third-order valence-corrected chi connectivity index (χ3v) is 3.13. The van der Waals surface area contributed by atoms with E-state index in [-0.39, 0.29) is 11.6 Å². The summed E-state index contributed by atoms with van der Waals surface area (Å²) >= 11 is 0. The van der Waals surface area contributed by atoms with Crippen molar-refractivity contribution in [3.8, 4) is 0 Å². The monoisotopic (exact) mass is 297 g/mol. The van der Waals surface area contributed by atoms with Crippen molar-refractivity contribution in [3.63, 3.8) is 0 Å². The second-order valence-corrected chi connectivity index (χ2v) is 4.68. The summed E-state index contributed by atoms with van der Waals surface area (Å²) in [6.45, 7) is 4.69. The van der Waals surface area contributed by atoms with Crippen LogP contribution in [0.5, 0.6) is 0 Å². The molecule has 0 spiro atoms. The van der Waals surface area contributed by atoms with E-state index in [1.54, 1.807) is 6.92 Å². The van der Waals surface area contributed by atoms with Gasteiger partial charge in [0.15, 0.2) is 5.69 Å². The topological polar surface area (TPSA) is 112 Å². The average Bonchev–Trinajstić information content (AvgIpc) is 2.90. The molecule has 118 valence electrons. The highest BCUT2D eigenvalue weighted by Gasteiger charge is 2.25. The number of nitrogens with one attached hydrogen (secondary N) is 1. The van der Waals surface area contributed by atoms with Gasteiger partial charge in [-0.2, -0.15) is 0 Å². The first-order chi connectivity index (χ1) is 10.1. The molecule has 8 nitrogen and oxygen atoms in total. The molecule has 21 heavy (non-hydrogen) atoms. The molecule has 0 bridgehead atoms. The molecule has 1 rings (SSSR count). The van der Waals surface area contributed by atoms with Crippen molar-refractivity contribution in [1.82, 2.24) is 20.3 Å². The van der Waals surface area contributed by atoms with Gasteiger partial charge in [-0.15, -0.1) is 5.10 Å². The van der Waals surface area contributed by atoms with Crippen LogP contribution in [-0.2, 0) is 16.0 Å². The minimum absolute atomic E-state index is 0.108. The fraction of sp³-hybridized carbons (Fsp3) is 0.692. The fourth-order valence-corrected chi connectivity index (χ4v) is 1.90. The molecule has 1 amide bonds. The van der Waals surface area contributed by atoms with Crippen LogP contribution in [0.4, 0.5) is 0 Å². The van der Waals surface area contributed by atoms with Gasteiger partial charge in [-0.05, 0) is 19.9 Å². The normalized spacial score (nSPS) is 12.0. The quantitative estimate of drug-likeness (QED) is 0.517. The van der Waals surface area contributed by atoms with E-state index in [0.717, 1.165) is 12.8 Å². The number of rotatable bonds is 8. The molecular weight excluding hydrogens is 274 g/mol. The van der Waals surface area contributed by atoms with Crippen LogP contribution in [0.3, 0.4) is 0 Å². The number of amides is 1. The van der Waals surface area contributed by atoms with Gasteiger partial charge >= 0.3 is 5.97 Å². The van der Waals surface area contributed by atoms with Crippen LogP contribution >= 0.6 is 0 Å². The first-order valence-electron chi connectivity index (χ1n) is 7.06. The number of carbonyl (C=O) groups is 2. The summed E-state index contributed by atoms with van der Waals surface area (Å²) < 4.78 is 6.09. The Hall–Kier alpha value is -1.96. The summed E-state index contributed by atoms with van der Waals surface area (Å²) in [6.07, 6.45) is 2.31. The van der Waals surface area contributed by atoms with Gasteiger partial charge in [0.2, 0.25) is 5.91 Å². The van der Waals surface area contributed by atoms with Gasteiger partial charge in [0.1, 0.15) is 6.04 Å². The van der Waals surface area contributed by atoms with E-state index in [1.807, 2.05) is 0 Å². The van der Waals surface area contributed by atoms with E-state index in [0.29, 0.717) is 25.2 Å². The van der Waals surface area contributed by atoms with Gasteiger partial charge in [-0.1, -0.05) is 18.6 Å². The standard InChI is InChI=1S/C13H23N5O3/c1-4-5-8-15-12(19)9(2)18-10(6-7-14)11(16-17-18)13(20)21-3/h9H,4-8,14H2,1-3H3,(H,15,19). The zero-order valence-electron chi connectivity index (χ0n) is 12.8.